The molecule has 0 bridgehead atoms. The Morgan fingerprint density at radius 2 is 2.33 bits per heavy atom. The standard InChI is InChI=1S/C14H23BrN2S/c1-12-5-2-3-9-17(12)10-4-8-16-11-13-6-7-14(15)18-13/h6-7,12,16H,2-5,8-11H2,1H3. The Balaban J connectivity index is 1.55. The number of hydrogen-bond donors (Lipinski definition) is 1. The molecule has 1 aromatic rings. The van der Waals surface area contributed by atoms with E-state index >= 15 is 0 Å². The average Bonchev–Trinajstić information content (AvgIpc) is 2.77. The normalized spacial score (nSPS) is 21.3. The number of nitrogens with zero attached hydrogens (tertiary/aromatic N) is 1. The van der Waals surface area contributed by atoms with Crippen LogP contribution in [0.1, 0.15) is 37.5 Å². The van der Waals surface area contributed by atoms with Crippen LogP contribution in [0.3, 0.4) is 0 Å². The summed E-state index contributed by atoms with van der Waals surface area (Å²) in [7, 11) is 0. The predicted molar refractivity (Wildman–Crippen MR) is 83.2 cm³/mol. The molecule has 0 amide bonds. The van der Waals surface area contributed by atoms with Crippen molar-refractivity contribution in [1.29, 1.82) is 0 Å². The molecule has 0 aliphatic carbocycles. The third-order valence-corrected chi connectivity index (χ3v) is 5.29. The third-order valence-electron chi connectivity index (χ3n) is 3.67. The van der Waals surface area contributed by atoms with E-state index in [1.54, 1.807) is 0 Å². The van der Waals surface area contributed by atoms with E-state index in [1.165, 1.54) is 47.4 Å². The van der Waals surface area contributed by atoms with Crippen molar-refractivity contribution in [2.45, 2.75) is 45.2 Å². The van der Waals surface area contributed by atoms with E-state index in [0.717, 1.165) is 19.1 Å². The van der Waals surface area contributed by atoms with Crippen molar-refractivity contribution in [2.24, 2.45) is 0 Å². The number of nitrogens with one attached hydrogen (secondary N) is 1. The summed E-state index contributed by atoms with van der Waals surface area (Å²) in [5, 5.41) is 3.53. The quantitative estimate of drug-likeness (QED) is 0.796. The summed E-state index contributed by atoms with van der Waals surface area (Å²) in [6, 6.07) is 5.11. The molecule has 102 valence electrons. The number of likely N-dealkylation sites (tertiary alicyclic amines) is 1. The molecule has 1 aliphatic rings. The Kier molecular flexibility index (Phi) is 6.15. The van der Waals surface area contributed by atoms with Gasteiger partial charge in [0.25, 0.3) is 0 Å². The summed E-state index contributed by atoms with van der Waals surface area (Å²) in [5.41, 5.74) is 0. The highest BCUT2D eigenvalue weighted by Crippen LogP contribution is 2.21. The van der Waals surface area contributed by atoms with Crippen LogP contribution in [0.2, 0.25) is 0 Å². The van der Waals surface area contributed by atoms with Gasteiger partial charge < -0.3 is 10.2 Å². The van der Waals surface area contributed by atoms with E-state index < -0.39 is 0 Å². The fourth-order valence-electron chi connectivity index (χ4n) is 2.56. The molecule has 2 nitrogen and oxygen atoms in total. The Hall–Kier alpha value is 0.1000. The molecule has 0 saturated carbocycles. The first-order valence-corrected chi connectivity index (χ1v) is 8.55. The molecule has 0 spiro atoms. The molecule has 1 N–H and O–H groups in total. The van der Waals surface area contributed by atoms with Gasteiger partial charge in [-0.15, -0.1) is 11.3 Å². The van der Waals surface area contributed by atoms with E-state index in [9.17, 15) is 0 Å². The molecule has 1 aromatic heterocycles. The van der Waals surface area contributed by atoms with Crippen molar-refractivity contribution < 1.29 is 0 Å². The highest BCUT2D eigenvalue weighted by Gasteiger charge is 2.16. The largest absolute Gasteiger partial charge is 0.312 e. The van der Waals surface area contributed by atoms with E-state index in [-0.39, 0.29) is 0 Å². The van der Waals surface area contributed by atoms with Crippen molar-refractivity contribution in [2.75, 3.05) is 19.6 Å². The first kappa shape index (κ1) is 14.5. The second-order valence-corrected chi connectivity index (χ2v) is 7.66. The number of piperidine rings is 1. The van der Waals surface area contributed by atoms with Gasteiger partial charge in [0.2, 0.25) is 0 Å². The van der Waals surface area contributed by atoms with E-state index in [1.807, 2.05) is 11.3 Å². The summed E-state index contributed by atoms with van der Waals surface area (Å²) in [6.07, 6.45) is 5.46. The van der Waals surface area contributed by atoms with Gasteiger partial charge in [-0.25, -0.2) is 0 Å². The monoisotopic (exact) mass is 330 g/mol. The van der Waals surface area contributed by atoms with Gasteiger partial charge in [0, 0.05) is 17.5 Å². The lowest BCUT2D eigenvalue weighted by molar-refractivity contribution is 0.159. The van der Waals surface area contributed by atoms with Crippen LogP contribution in [0, 0.1) is 0 Å². The van der Waals surface area contributed by atoms with E-state index in [0.29, 0.717) is 0 Å². The van der Waals surface area contributed by atoms with Gasteiger partial charge in [-0.1, -0.05) is 6.42 Å². The summed E-state index contributed by atoms with van der Waals surface area (Å²) in [4.78, 5) is 4.06. The van der Waals surface area contributed by atoms with Gasteiger partial charge in [-0.05, 0) is 73.9 Å². The Morgan fingerprint density at radius 3 is 3.06 bits per heavy atom. The average molecular weight is 331 g/mol. The third kappa shape index (κ3) is 4.65. The van der Waals surface area contributed by atoms with Crippen LogP contribution in [-0.2, 0) is 6.54 Å². The molecule has 18 heavy (non-hydrogen) atoms. The van der Waals surface area contributed by atoms with E-state index in [2.05, 4.69) is 45.2 Å². The minimum atomic E-state index is 0.798. The Morgan fingerprint density at radius 1 is 1.44 bits per heavy atom. The van der Waals surface area contributed by atoms with Crippen LogP contribution in [-0.4, -0.2) is 30.6 Å². The zero-order chi connectivity index (χ0) is 12.8. The molecule has 2 rings (SSSR count). The second-order valence-electron chi connectivity index (χ2n) is 5.12. The fraction of sp³-hybridized carbons (Fsp3) is 0.714. The van der Waals surface area contributed by atoms with Crippen LogP contribution < -0.4 is 5.32 Å². The molecule has 0 radical (unpaired) electrons. The van der Waals surface area contributed by atoms with E-state index in [4.69, 9.17) is 0 Å². The highest BCUT2D eigenvalue weighted by atomic mass is 79.9. The topological polar surface area (TPSA) is 15.3 Å². The van der Waals surface area contributed by atoms with Crippen molar-refractivity contribution >= 4 is 27.3 Å². The Labute approximate surface area is 123 Å². The van der Waals surface area contributed by atoms with Gasteiger partial charge in [0.15, 0.2) is 0 Å². The molecule has 0 aromatic carbocycles. The zero-order valence-corrected chi connectivity index (χ0v) is 13.5. The van der Waals surface area contributed by atoms with Gasteiger partial charge >= 0.3 is 0 Å². The molecular formula is C14H23BrN2S. The molecule has 1 fully saturated rings. The number of halogens is 1. The molecule has 1 saturated heterocycles. The SMILES string of the molecule is CC1CCCCN1CCCNCc1ccc(Br)s1. The maximum Gasteiger partial charge on any atom is 0.0701 e. The molecule has 1 unspecified atom stereocenters. The first-order valence-electron chi connectivity index (χ1n) is 6.94. The smallest absolute Gasteiger partial charge is 0.0701 e. The van der Waals surface area contributed by atoms with Gasteiger partial charge in [0.05, 0.1) is 3.79 Å². The molecule has 1 atom stereocenters. The predicted octanol–water partition coefficient (Wildman–Crippen LogP) is 3.86. The minimum absolute atomic E-state index is 0.798. The molecule has 2 heterocycles. The fourth-order valence-corrected chi connectivity index (χ4v) is 4.01. The summed E-state index contributed by atoms with van der Waals surface area (Å²) >= 11 is 5.32. The molecular weight excluding hydrogens is 308 g/mol. The Bertz CT molecular complexity index is 353. The van der Waals surface area contributed by atoms with Crippen molar-refractivity contribution in [3.63, 3.8) is 0 Å². The molecule has 4 heteroatoms. The summed E-state index contributed by atoms with van der Waals surface area (Å²) < 4.78 is 1.22. The van der Waals surface area contributed by atoms with Crippen molar-refractivity contribution in [3.8, 4) is 0 Å². The number of hydrogen-bond acceptors (Lipinski definition) is 3. The molecule has 1 aliphatic heterocycles. The number of rotatable bonds is 6. The lowest BCUT2D eigenvalue weighted by Gasteiger charge is -2.33. The maximum absolute atomic E-state index is 3.53. The summed E-state index contributed by atoms with van der Waals surface area (Å²) in [6.45, 7) is 7.06. The van der Waals surface area contributed by atoms with Crippen LogP contribution in [0.4, 0.5) is 0 Å². The number of thiophene rings is 1. The minimum Gasteiger partial charge on any atom is -0.312 e. The van der Waals surface area contributed by atoms with Crippen LogP contribution in [0.15, 0.2) is 15.9 Å². The van der Waals surface area contributed by atoms with Crippen molar-refractivity contribution in [1.82, 2.24) is 10.2 Å². The maximum atomic E-state index is 3.53. The highest BCUT2D eigenvalue weighted by molar-refractivity contribution is 9.11. The zero-order valence-electron chi connectivity index (χ0n) is 11.1. The van der Waals surface area contributed by atoms with Gasteiger partial charge in [-0.3, -0.25) is 0 Å². The first-order chi connectivity index (χ1) is 8.75. The van der Waals surface area contributed by atoms with Crippen LogP contribution in [0.5, 0.6) is 0 Å². The lowest BCUT2D eigenvalue weighted by atomic mass is 10.0. The van der Waals surface area contributed by atoms with Crippen molar-refractivity contribution in [3.05, 3.63) is 20.8 Å². The van der Waals surface area contributed by atoms with Crippen LogP contribution >= 0.6 is 27.3 Å². The van der Waals surface area contributed by atoms with Gasteiger partial charge in [-0.2, -0.15) is 0 Å². The van der Waals surface area contributed by atoms with Crippen LogP contribution in [0.25, 0.3) is 0 Å². The second kappa shape index (κ2) is 7.63. The lowest BCUT2D eigenvalue weighted by Crippen LogP contribution is -2.38. The summed E-state index contributed by atoms with van der Waals surface area (Å²) in [5.74, 6) is 0. The van der Waals surface area contributed by atoms with Gasteiger partial charge in [0.1, 0.15) is 0 Å².